The Hall–Kier alpha value is -2.69. The van der Waals surface area contributed by atoms with Gasteiger partial charge in [-0.3, -0.25) is 5.10 Å². The molecule has 2 N–H and O–H groups in total. The maximum Gasteiger partial charge on any atom is 0.417 e. The first-order valence-corrected chi connectivity index (χ1v) is 11.8. The van der Waals surface area contributed by atoms with E-state index >= 15 is 0 Å². The van der Waals surface area contributed by atoms with Gasteiger partial charge in [-0.25, -0.2) is 4.98 Å². The van der Waals surface area contributed by atoms with Gasteiger partial charge in [-0.1, -0.05) is 59.0 Å². The predicted octanol–water partition coefficient (Wildman–Crippen LogP) is 6.71. The summed E-state index contributed by atoms with van der Waals surface area (Å²) in [5.41, 5.74) is 0.730. The standard InChI is InChI=1S/C21H16F3N5.CH3I/c22-21(23,24)15-7-3-1-5-13(15)17-11-18(14-6-2-4-8-16(14)25-17)26-20-27-19(28-29-20)12-9-10-12;1-2/h1-8,11-12H,9-10H2,(H2,25,26,27,28,29);1H3. The smallest absolute Gasteiger partial charge is 0.322 e. The van der Waals surface area contributed by atoms with Gasteiger partial charge in [0, 0.05) is 16.9 Å². The maximum absolute atomic E-state index is 13.5. The quantitative estimate of drug-likeness (QED) is 0.224. The Bertz CT molecular complexity index is 1200. The molecule has 0 bridgehead atoms. The molecule has 0 spiro atoms. The minimum Gasteiger partial charge on any atom is -0.322 e. The molecule has 5 nitrogen and oxygen atoms in total. The van der Waals surface area contributed by atoms with Crippen molar-refractivity contribution in [1.29, 1.82) is 0 Å². The van der Waals surface area contributed by atoms with Crippen LogP contribution in [-0.4, -0.2) is 25.1 Å². The highest BCUT2D eigenvalue weighted by Gasteiger charge is 2.34. The Morgan fingerprint density at radius 1 is 1.00 bits per heavy atom. The van der Waals surface area contributed by atoms with E-state index < -0.39 is 11.7 Å². The Morgan fingerprint density at radius 3 is 2.45 bits per heavy atom. The Balaban J connectivity index is 0.00000112. The van der Waals surface area contributed by atoms with Gasteiger partial charge in [-0.05, 0) is 36.0 Å². The average Bonchev–Trinajstić information content (AvgIpc) is 3.53. The van der Waals surface area contributed by atoms with Crippen molar-refractivity contribution in [3.05, 3.63) is 66.0 Å². The van der Waals surface area contributed by atoms with Crippen LogP contribution in [0.5, 0.6) is 0 Å². The second-order valence-electron chi connectivity index (χ2n) is 7.06. The van der Waals surface area contributed by atoms with E-state index in [-0.39, 0.29) is 11.3 Å². The average molecular weight is 537 g/mol. The summed E-state index contributed by atoms with van der Waals surface area (Å²) >= 11 is 2.15. The number of H-pyrrole nitrogens is 1. The Labute approximate surface area is 190 Å². The minimum absolute atomic E-state index is 0.0301. The van der Waals surface area contributed by atoms with E-state index in [2.05, 4.69) is 48.1 Å². The van der Waals surface area contributed by atoms with Crippen molar-refractivity contribution in [3.63, 3.8) is 0 Å². The fourth-order valence-electron chi connectivity index (χ4n) is 3.36. The van der Waals surface area contributed by atoms with Crippen molar-refractivity contribution in [3.8, 4) is 11.3 Å². The lowest BCUT2D eigenvalue weighted by molar-refractivity contribution is -0.137. The number of pyridine rings is 1. The molecule has 5 rings (SSSR count). The second-order valence-corrected chi connectivity index (χ2v) is 7.06. The summed E-state index contributed by atoms with van der Waals surface area (Å²) in [4.78, 5) is 10.9. The summed E-state index contributed by atoms with van der Waals surface area (Å²) in [5, 5.41) is 11.0. The largest absolute Gasteiger partial charge is 0.417 e. The number of hydrogen-bond acceptors (Lipinski definition) is 4. The van der Waals surface area contributed by atoms with Gasteiger partial charge in [0.15, 0.2) is 0 Å². The molecule has 0 amide bonds. The number of aromatic amines is 1. The van der Waals surface area contributed by atoms with Gasteiger partial charge in [-0.2, -0.15) is 18.2 Å². The normalized spacial score (nSPS) is 13.6. The molecule has 2 heterocycles. The molecular weight excluding hydrogens is 518 g/mol. The third-order valence-electron chi connectivity index (χ3n) is 4.94. The molecular formula is C22H19F3IN5. The van der Waals surface area contributed by atoms with Crippen molar-refractivity contribution < 1.29 is 13.2 Å². The number of alkyl halides is 4. The van der Waals surface area contributed by atoms with Crippen LogP contribution in [0, 0.1) is 0 Å². The number of aromatic nitrogens is 4. The molecule has 4 aromatic rings. The highest BCUT2D eigenvalue weighted by molar-refractivity contribution is 14.1. The Morgan fingerprint density at radius 2 is 1.71 bits per heavy atom. The molecule has 0 aliphatic heterocycles. The fourth-order valence-corrected chi connectivity index (χ4v) is 3.36. The third-order valence-corrected chi connectivity index (χ3v) is 4.94. The zero-order chi connectivity index (χ0) is 22.0. The number of rotatable bonds is 4. The van der Waals surface area contributed by atoms with Crippen LogP contribution in [0.1, 0.15) is 30.1 Å². The van der Waals surface area contributed by atoms with Gasteiger partial charge in [0.1, 0.15) is 5.82 Å². The fraction of sp³-hybridized carbons (Fsp3) is 0.227. The van der Waals surface area contributed by atoms with Crippen LogP contribution in [0.15, 0.2) is 54.6 Å². The summed E-state index contributed by atoms with van der Waals surface area (Å²) in [5.74, 6) is 1.63. The molecule has 2 aromatic heterocycles. The molecule has 2 aromatic carbocycles. The highest BCUT2D eigenvalue weighted by atomic mass is 127. The van der Waals surface area contributed by atoms with E-state index in [1.54, 1.807) is 24.3 Å². The first-order chi connectivity index (χ1) is 15.0. The monoisotopic (exact) mass is 537 g/mol. The summed E-state index contributed by atoms with van der Waals surface area (Å²) in [6, 6.07) is 14.3. The number of nitrogens with one attached hydrogen (secondary N) is 2. The summed E-state index contributed by atoms with van der Waals surface area (Å²) in [7, 11) is 0. The van der Waals surface area contributed by atoms with E-state index in [1.807, 2.05) is 17.1 Å². The highest BCUT2D eigenvalue weighted by Crippen LogP contribution is 2.40. The number of fused-ring (bicyclic) bond motifs is 1. The molecule has 0 unspecified atom stereocenters. The zero-order valence-electron chi connectivity index (χ0n) is 16.5. The predicted molar refractivity (Wildman–Crippen MR) is 124 cm³/mol. The van der Waals surface area contributed by atoms with E-state index in [0.29, 0.717) is 23.1 Å². The van der Waals surface area contributed by atoms with Crippen LogP contribution >= 0.6 is 22.6 Å². The lowest BCUT2D eigenvalue weighted by atomic mass is 10.0. The molecule has 1 fully saturated rings. The van der Waals surface area contributed by atoms with Crippen LogP contribution in [0.3, 0.4) is 0 Å². The Kier molecular flexibility index (Phi) is 6.12. The summed E-state index contributed by atoms with van der Waals surface area (Å²) in [6.45, 7) is 0. The summed E-state index contributed by atoms with van der Waals surface area (Å²) < 4.78 is 40.5. The van der Waals surface area contributed by atoms with Crippen molar-refractivity contribution in [2.75, 3.05) is 10.2 Å². The van der Waals surface area contributed by atoms with Gasteiger partial charge >= 0.3 is 6.18 Å². The molecule has 1 aliphatic carbocycles. The molecule has 160 valence electrons. The molecule has 0 saturated heterocycles. The van der Waals surface area contributed by atoms with E-state index in [4.69, 9.17) is 0 Å². The van der Waals surface area contributed by atoms with Crippen LogP contribution in [0.4, 0.5) is 24.8 Å². The molecule has 1 saturated carbocycles. The van der Waals surface area contributed by atoms with Crippen LogP contribution in [0.2, 0.25) is 0 Å². The maximum atomic E-state index is 13.5. The SMILES string of the molecule is CI.FC(F)(F)c1ccccc1-c1cc(Nc2n[nH]c(C3CC3)n2)c2ccccc2n1. The van der Waals surface area contributed by atoms with E-state index in [1.165, 1.54) is 12.1 Å². The number of para-hydroxylation sites is 1. The number of benzene rings is 2. The topological polar surface area (TPSA) is 66.5 Å². The molecule has 0 radical (unpaired) electrons. The third kappa shape index (κ3) is 4.65. The van der Waals surface area contributed by atoms with Crippen molar-refractivity contribution in [1.82, 2.24) is 20.2 Å². The van der Waals surface area contributed by atoms with Crippen LogP contribution in [-0.2, 0) is 6.18 Å². The number of nitrogens with zero attached hydrogens (tertiary/aromatic N) is 3. The van der Waals surface area contributed by atoms with Gasteiger partial charge in [-0.15, -0.1) is 5.10 Å². The molecule has 0 atom stereocenters. The first-order valence-electron chi connectivity index (χ1n) is 9.62. The van der Waals surface area contributed by atoms with Crippen molar-refractivity contribution >= 4 is 45.1 Å². The first kappa shape index (κ1) is 21.5. The zero-order valence-corrected chi connectivity index (χ0v) is 18.7. The summed E-state index contributed by atoms with van der Waals surface area (Å²) in [6.07, 6.45) is -2.29. The van der Waals surface area contributed by atoms with E-state index in [9.17, 15) is 13.2 Å². The van der Waals surface area contributed by atoms with Gasteiger partial charge in [0.2, 0.25) is 5.95 Å². The van der Waals surface area contributed by atoms with E-state index in [0.717, 1.165) is 30.1 Å². The number of halogens is 4. The van der Waals surface area contributed by atoms with Gasteiger partial charge in [0.05, 0.1) is 22.5 Å². The van der Waals surface area contributed by atoms with Crippen LogP contribution < -0.4 is 5.32 Å². The lowest BCUT2D eigenvalue weighted by Crippen LogP contribution is -2.07. The number of hydrogen-bond donors (Lipinski definition) is 2. The minimum atomic E-state index is -4.47. The van der Waals surface area contributed by atoms with Crippen molar-refractivity contribution in [2.24, 2.45) is 0 Å². The van der Waals surface area contributed by atoms with Crippen molar-refractivity contribution in [2.45, 2.75) is 24.9 Å². The second kappa shape index (κ2) is 8.81. The lowest BCUT2D eigenvalue weighted by Gasteiger charge is -2.14. The molecule has 1 aliphatic rings. The molecule has 31 heavy (non-hydrogen) atoms. The van der Waals surface area contributed by atoms with Gasteiger partial charge < -0.3 is 5.32 Å². The van der Waals surface area contributed by atoms with Gasteiger partial charge in [0.25, 0.3) is 0 Å². The van der Waals surface area contributed by atoms with Crippen LogP contribution in [0.25, 0.3) is 22.2 Å². The number of anilines is 2. The molecule has 9 heteroatoms.